The van der Waals surface area contributed by atoms with Gasteiger partial charge in [-0.15, -0.1) is 0 Å². The predicted molar refractivity (Wildman–Crippen MR) is 306 cm³/mol. The van der Waals surface area contributed by atoms with Crippen LogP contribution in [0.5, 0.6) is 0 Å². The van der Waals surface area contributed by atoms with Gasteiger partial charge in [-0.05, 0) is 116 Å². The molecule has 0 N–H and O–H groups in total. The van der Waals surface area contributed by atoms with E-state index in [0.717, 1.165) is 122 Å². The molecule has 0 saturated carbocycles. The van der Waals surface area contributed by atoms with Gasteiger partial charge >= 0.3 is 17.9 Å². The van der Waals surface area contributed by atoms with Gasteiger partial charge in [0, 0.05) is 12.8 Å². The van der Waals surface area contributed by atoms with Crippen LogP contribution in [0.15, 0.2) is 134 Å². The molecule has 6 nitrogen and oxygen atoms in total. The highest BCUT2D eigenvalue weighted by Gasteiger charge is 2.19. The molecule has 0 radical (unpaired) electrons. The lowest BCUT2D eigenvalue weighted by atomic mass is 10.1. The van der Waals surface area contributed by atoms with E-state index in [4.69, 9.17) is 14.2 Å². The van der Waals surface area contributed by atoms with E-state index in [1.165, 1.54) is 77.0 Å². The fourth-order valence-electron chi connectivity index (χ4n) is 7.42. The molecule has 0 heterocycles. The molecular formula is C65H104O6. The zero-order valence-corrected chi connectivity index (χ0v) is 45.7. The van der Waals surface area contributed by atoms with E-state index in [-0.39, 0.29) is 31.6 Å². The molecule has 0 rings (SSSR count). The summed E-state index contributed by atoms with van der Waals surface area (Å²) in [6.45, 7) is 6.29. The number of carbonyl (C=O) groups is 3. The Bertz CT molecular complexity index is 1550. The maximum atomic E-state index is 12.9. The van der Waals surface area contributed by atoms with Crippen LogP contribution in [0.2, 0.25) is 0 Å². The normalized spacial score (nSPS) is 13.1. The van der Waals surface area contributed by atoms with Crippen molar-refractivity contribution in [2.45, 2.75) is 245 Å². The number of hydrogen-bond acceptors (Lipinski definition) is 6. The van der Waals surface area contributed by atoms with Crippen molar-refractivity contribution in [2.24, 2.45) is 0 Å². The number of ether oxygens (including phenoxy) is 3. The Labute approximate surface area is 436 Å². The summed E-state index contributed by atoms with van der Waals surface area (Å²) in [6, 6.07) is 0. The molecule has 0 bridgehead atoms. The Kier molecular flexibility index (Phi) is 54.5. The van der Waals surface area contributed by atoms with Crippen LogP contribution >= 0.6 is 0 Å². The standard InChI is InChI=1S/C65H104O6/c1-4-7-10-13-16-19-22-25-28-30-31-32-33-35-37-40-43-46-49-52-55-58-64(67)70-61-62(60-69-63(66)57-54-51-48-45-42-39-36-27-24-21-18-15-12-9-6-3)71-65(68)59-56-53-50-47-44-41-38-34-29-26-23-20-17-14-11-8-5-2/h7,9-10,12,16,18-19,21,25-29,31-32,35-37,42,45,51,54,62H,4-6,8,11,13-15,17,20,22-24,30,33-34,38-41,43-44,46-50,52-53,55-61H2,1-3H3/b10-7-,12-9-,19-16-,21-18-,28-25-,29-26-,32-31-,36-27-,37-35-,45-42-,54-51-. The number of rotatable bonds is 50. The van der Waals surface area contributed by atoms with E-state index >= 15 is 0 Å². The van der Waals surface area contributed by atoms with E-state index in [0.29, 0.717) is 12.8 Å². The van der Waals surface area contributed by atoms with Crippen molar-refractivity contribution in [3.05, 3.63) is 134 Å². The molecule has 0 fully saturated rings. The Morgan fingerprint density at radius 2 is 0.606 bits per heavy atom. The average Bonchev–Trinajstić information content (AvgIpc) is 3.37. The Balaban J connectivity index is 4.54. The molecule has 0 aliphatic carbocycles. The lowest BCUT2D eigenvalue weighted by Gasteiger charge is -2.18. The van der Waals surface area contributed by atoms with Gasteiger partial charge in [0.15, 0.2) is 6.10 Å². The summed E-state index contributed by atoms with van der Waals surface area (Å²) >= 11 is 0. The summed E-state index contributed by atoms with van der Waals surface area (Å²) in [7, 11) is 0. The van der Waals surface area contributed by atoms with Crippen LogP contribution in [-0.4, -0.2) is 37.2 Å². The van der Waals surface area contributed by atoms with Crippen molar-refractivity contribution in [3.63, 3.8) is 0 Å². The molecule has 0 amide bonds. The summed E-state index contributed by atoms with van der Waals surface area (Å²) in [4.78, 5) is 38.1. The molecule has 0 aromatic carbocycles. The fourth-order valence-corrected chi connectivity index (χ4v) is 7.42. The van der Waals surface area contributed by atoms with Gasteiger partial charge in [0.2, 0.25) is 0 Å². The second kappa shape index (κ2) is 58.1. The third kappa shape index (κ3) is 56.3. The third-order valence-electron chi connectivity index (χ3n) is 11.7. The van der Waals surface area contributed by atoms with Crippen molar-refractivity contribution in [3.8, 4) is 0 Å². The van der Waals surface area contributed by atoms with Crippen molar-refractivity contribution in [1.29, 1.82) is 0 Å². The first kappa shape index (κ1) is 66.6. The molecule has 6 heteroatoms. The Morgan fingerprint density at radius 1 is 0.310 bits per heavy atom. The topological polar surface area (TPSA) is 78.9 Å². The van der Waals surface area contributed by atoms with E-state index in [9.17, 15) is 14.4 Å². The fraction of sp³-hybridized carbons (Fsp3) is 0.615. The number of allylic oxidation sites excluding steroid dienone is 21. The molecule has 0 aliphatic rings. The maximum Gasteiger partial charge on any atom is 0.309 e. The SMILES string of the molecule is CC/C=C\C/C=C\C/C=C\C/C=C\C/C=C\CCCCCCCC(=O)OCC(COC(=O)C/C=C\C/C=C\C/C=C\C/C=C\C/C=C\CC)OC(=O)CCCCCCCCC/C=C\CCCCCCCC. The molecule has 0 aromatic heterocycles. The smallest absolute Gasteiger partial charge is 0.309 e. The first-order valence-corrected chi connectivity index (χ1v) is 28.7. The molecule has 400 valence electrons. The van der Waals surface area contributed by atoms with Crippen LogP contribution in [0.3, 0.4) is 0 Å². The van der Waals surface area contributed by atoms with Crippen LogP contribution in [0.4, 0.5) is 0 Å². The van der Waals surface area contributed by atoms with E-state index in [1.54, 1.807) is 6.08 Å². The van der Waals surface area contributed by atoms with Crippen molar-refractivity contribution < 1.29 is 28.6 Å². The van der Waals surface area contributed by atoms with E-state index in [1.807, 2.05) is 6.08 Å². The summed E-state index contributed by atoms with van der Waals surface area (Å²) in [6.07, 6.45) is 81.8. The van der Waals surface area contributed by atoms with Crippen LogP contribution in [-0.2, 0) is 28.6 Å². The maximum absolute atomic E-state index is 12.9. The van der Waals surface area contributed by atoms with Gasteiger partial charge in [-0.25, -0.2) is 0 Å². The second-order valence-corrected chi connectivity index (χ2v) is 18.4. The van der Waals surface area contributed by atoms with Crippen LogP contribution in [0, 0.1) is 0 Å². The molecule has 1 unspecified atom stereocenters. The highest BCUT2D eigenvalue weighted by Crippen LogP contribution is 2.14. The minimum absolute atomic E-state index is 0.117. The summed E-state index contributed by atoms with van der Waals surface area (Å²) in [5.41, 5.74) is 0. The highest BCUT2D eigenvalue weighted by atomic mass is 16.6. The van der Waals surface area contributed by atoms with Crippen molar-refractivity contribution in [1.82, 2.24) is 0 Å². The zero-order chi connectivity index (χ0) is 51.4. The summed E-state index contributed by atoms with van der Waals surface area (Å²) in [5.74, 6) is -1.08. The van der Waals surface area contributed by atoms with Gasteiger partial charge in [0.05, 0.1) is 6.42 Å². The van der Waals surface area contributed by atoms with E-state index < -0.39 is 12.1 Å². The van der Waals surface area contributed by atoms with Crippen molar-refractivity contribution in [2.75, 3.05) is 13.2 Å². The summed E-state index contributed by atoms with van der Waals surface area (Å²) in [5, 5.41) is 0. The highest BCUT2D eigenvalue weighted by molar-refractivity contribution is 5.72. The number of esters is 3. The van der Waals surface area contributed by atoms with Gasteiger partial charge in [0.25, 0.3) is 0 Å². The van der Waals surface area contributed by atoms with Crippen molar-refractivity contribution >= 4 is 17.9 Å². The molecule has 0 saturated heterocycles. The van der Waals surface area contributed by atoms with Gasteiger partial charge in [-0.1, -0.05) is 238 Å². The number of unbranched alkanes of at least 4 members (excludes halogenated alkanes) is 18. The molecular weight excluding hydrogens is 877 g/mol. The average molecular weight is 982 g/mol. The first-order chi connectivity index (χ1) is 35.0. The predicted octanol–water partition coefficient (Wildman–Crippen LogP) is 19.4. The molecule has 0 spiro atoms. The van der Waals surface area contributed by atoms with Gasteiger partial charge < -0.3 is 14.2 Å². The molecule has 0 aromatic rings. The van der Waals surface area contributed by atoms with Gasteiger partial charge in [-0.2, -0.15) is 0 Å². The Hall–Kier alpha value is -4.45. The minimum Gasteiger partial charge on any atom is -0.462 e. The second-order valence-electron chi connectivity index (χ2n) is 18.4. The largest absolute Gasteiger partial charge is 0.462 e. The quantitative estimate of drug-likeness (QED) is 0.0262. The van der Waals surface area contributed by atoms with Crippen LogP contribution in [0.25, 0.3) is 0 Å². The van der Waals surface area contributed by atoms with Crippen LogP contribution in [0.1, 0.15) is 239 Å². The zero-order valence-electron chi connectivity index (χ0n) is 45.7. The first-order valence-electron chi connectivity index (χ1n) is 28.7. The van der Waals surface area contributed by atoms with E-state index in [2.05, 4.69) is 142 Å². The minimum atomic E-state index is -0.834. The lowest BCUT2D eigenvalue weighted by Crippen LogP contribution is -2.30. The monoisotopic (exact) mass is 981 g/mol. The molecule has 71 heavy (non-hydrogen) atoms. The summed E-state index contributed by atoms with van der Waals surface area (Å²) < 4.78 is 16.7. The third-order valence-corrected chi connectivity index (χ3v) is 11.7. The number of carbonyl (C=O) groups excluding carboxylic acids is 3. The molecule has 0 aliphatic heterocycles. The Morgan fingerprint density at radius 3 is 1.00 bits per heavy atom. The van der Waals surface area contributed by atoms with Crippen LogP contribution < -0.4 is 0 Å². The lowest BCUT2D eigenvalue weighted by molar-refractivity contribution is -0.166. The number of hydrogen-bond donors (Lipinski definition) is 0. The van der Waals surface area contributed by atoms with Gasteiger partial charge in [-0.3, -0.25) is 14.4 Å². The van der Waals surface area contributed by atoms with Gasteiger partial charge in [0.1, 0.15) is 13.2 Å². The molecule has 1 atom stereocenters.